The van der Waals surface area contributed by atoms with E-state index in [0.29, 0.717) is 5.57 Å². The van der Waals surface area contributed by atoms with E-state index in [0.717, 1.165) is 16.8 Å². The van der Waals surface area contributed by atoms with Crippen molar-refractivity contribution in [2.24, 2.45) is 5.73 Å². The normalized spacial score (nSPS) is 10.8. The molecule has 1 aromatic rings. The number of aromatic nitrogens is 1. The summed E-state index contributed by atoms with van der Waals surface area (Å²) in [7, 11) is 0. The Bertz CT molecular complexity index is 546. The zero-order valence-electron chi connectivity index (χ0n) is 9.35. The molecule has 0 unspecified atom stereocenters. The lowest BCUT2D eigenvalue weighted by molar-refractivity contribution is 1.27. The molecule has 0 aliphatic rings. The molecular formula is C15H12N2. The highest BCUT2D eigenvalue weighted by atomic mass is 14.7. The SMILES string of the molecule is C#CC(/C=C\C(=C)c1ccc(C#C)cn1)=C/N. The summed E-state index contributed by atoms with van der Waals surface area (Å²) >= 11 is 0. The molecule has 2 nitrogen and oxygen atoms in total. The van der Waals surface area contributed by atoms with Crippen molar-refractivity contribution in [1.82, 2.24) is 4.98 Å². The van der Waals surface area contributed by atoms with Gasteiger partial charge in [-0.05, 0) is 23.8 Å². The van der Waals surface area contributed by atoms with Crippen LogP contribution in [0.15, 0.2) is 48.8 Å². The molecule has 0 saturated carbocycles. The van der Waals surface area contributed by atoms with Gasteiger partial charge in [-0.3, -0.25) is 4.98 Å². The Kier molecular flexibility index (Phi) is 4.36. The second kappa shape index (κ2) is 6.00. The van der Waals surface area contributed by atoms with E-state index in [4.69, 9.17) is 18.6 Å². The van der Waals surface area contributed by atoms with Crippen LogP contribution in [-0.2, 0) is 0 Å². The Labute approximate surface area is 102 Å². The summed E-state index contributed by atoms with van der Waals surface area (Å²) in [6.07, 6.45) is 16.9. The van der Waals surface area contributed by atoms with Crippen LogP contribution in [0, 0.1) is 24.7 Å². The minimum absolute atomic E-state index is 0.589. The van der Waals surface area contributed by atoms with Crippen LogP contribution in [0.25, 0.3) is 5.57 Å². The molecule has 0 spiro atoms. The standard InChI is InChI=1S/C15H12N2/c1-4-13(10-16)7-6-12(3)15-9-8-14(5-2)11-17-15/h1-2,6-11H,3,16H2/b7-6-,13-10-. The molecule has 0 aromatic carbocycles. The molecule has 2 N–H and O–H groups in total. The maximum Gasteiger partial charge on any atom is 0.0696 e. The Morgan fingerprint density at radius 1 is 1.35 bits per heavy atom. The zero-order valence-corrected chi connectivity index (χ0v) is 9.35. The highest BCUT2D eigenvalue weighted by molar-refractivity contribution is 5.70. The van der Waals surface area contributed by atoms with Crippen LogP contribution in [-0.4, -0.2) is 4.98 Å². The predicted molar refractivity (Wildman–Crippen MR) is 71.4 cm³/mol. The third-order valence-electron chi connectivity index (χ3n) is 2.07. The fourth-order valence-corrected chi connectivity index (χ4v) is 1.10. The second-order valence-corrected chi connectivity index (χ2v) is 3.20. The summed E-state index contributed by atoms with van der Waals surface area (Å²) in [5, 5.41) is 0. The largest absolute Gasteiger partial charge is 0.404 e. The molecule has 0 amide bonds. The lowest BCUT2D eigenvalue weighted by Crippen LogP contribution is -1.87. The van der Waals surface area contributed by atoms with Gasteiger partial charge in [-0.25, -0.2) is 0 Å². The fraction of sp³-hybridized carbons (Fsp3) is 0. The summed E-state index contributed by atoms with van der Waals surface area (Å²) in [4.78, 5) is 4.18. The molecule has 17 heavy (non-hydrogen) atoms. The van der Waals surface area contributed by atoms with Crippen LogP contribution >= 0.6 is 0 Å². The smallest absolute Gasteiger partial charge is 0.0696 e. The number of allylic oxidation sites excluding steroid dienone is 4. The van der Waals surface area contributed by atoms with Crippen LogP contribution in [0.1, 0.15) is 11.3 Å². The van der Waals surface area contributed by atoms with Crippen LogP contribution in [0.3, 0.4) is 0 Å². The Morgan fingerprint density at radius 2 is 2.12 bits per heavy atom. The number of pyridine rings is 1. The average Bonchev–Trinajstić information content (AvgIpc) is 2.39. The quantitative estimate of drug-likeness (QED) is 0.626. The van der Waals surface area contributed by atoms with Gasteiger partial charge in [-0.1, -0.05) is 24.5 Å². The molecule has 0 aliphatic carbocycles. The van der Waals surface area contributed by atoms with E-state index in [1.807, 2.05) is 12.1 Å². The van der Waals surface area contributed by atoms with E-state index in [9.17, 15) is 0 Å². The lowest BCUT2D eigenvalue weighted by atomic mass is 10.1. The first-order valence-corrected chi connectivity index (χ1v) is 4.89. The van der Waals surface area contributed by atoms with E-state index in [1.54, 1.807) is 18.3 Å². The van der Waals surface area contributed by atoms with Gasteiger partial charge < -0.3 is 5.73 Å². The van der Waals surface area contributed by atoms with Gasteiger partial charge in [0.1, 0.15) is 0 Å². The third-order valence-corrected chi connectivity index (χ3v) is 2.07. The zero-order chi connectivity index (χ0) is 12.7. The van der Waals surface area contributed by atoms with Crippen LogP contribution < -0.4 is 5.73 Å². The molecule has 82 valence electrons. The van der Waals surface area contributed by atoms with E-state index < -0.39 is 0 Å². The minimum atomic E-state index is 0.589. The molecular weight excluding hydrogens is 208 g/mol. The lowest BCUT2D eigenvalue weighted by Gasteiger charge is -1.99. The first-order valence-electron chi connectivity index (χ1n) is 4.89. The summed E-state index contributed by atoms with van der Waals surface area (Å²) in [5.74, 6) is 4.94. The molecule has 0 fully saturated rings. The topological polar surface area (TPSA) is 38.9 Å². The van der Waals surface area contributed by atoms with Gasteiger partial charge >= 0.3 is 0 Å². The van der Waals surface area contributed by atoms with Crippen LogP contribution in [0.2, 0.25) is 0 Å². The Morgan fingerprint density at radius 3 is 2.59 bits per heavy atom. The van der Waals surface area contributed by atoms with Crippen molar-refractivity contribution < 1.29 is 0 Å². The average molecular weight is 220 g/mol. The molecule has 1 heterocycles. The predicted octanol–water partition coefficient (Wildman–Crippen LogP) is 2.11. The fourth-order valence-electron chi connectivity index (χ4n) is 1.10. The number of terminal acetylenes is 2. The van der Waals surface area contributed by atoms with Crippen molar-refractivity contribution in [3.05, 3.63) is 60.1 Å². The van der Waals surface area contributed by atoms with E-state index in [-0.39, 0.29) is 0 Å². The van der Waals surface area contributed by atoms with Gasteiger partial charge in [0.2, 0.25) is 0 Å². The third kappa shape index (κ3) is 3.41. The Balaban J connectivity index is 2.85. The summed E-state index contributed by atoms with van der Waals surface area (Å²) in [6.45, 7) is 3.88. The number of nitrogens with zero attached hydrogens (tertiary/aromatic N) is 1. The van der Waals surface area contributed by atoms with E-state index in [1.165, 1.54) is 6.20 Å². The number of rotatable bonds is 3. The van der Waals surface area contributed by atoms with Gasteiger partial charge in [-0.15, -0.1) is 12.8 Å². The van der Waals surface area contributed by atoms with Crippen molar-refractivity contribution >= 4 is 5.57 Å². The monoisotopic (exact) mass is 220 g/mol. The van der Waals surface area contributed by atoms with Gasteiger partial charge in [0, 0.05) is 23.5 Å². The van der Waals surface area contributed by atoms with Crippen molar-refractivity contribution in [2.45, 2.75) is 0 Å². The first kappa shape index (κ1) is 12.4. The van der Waals surface area contributed by atoms with E-state index >= 15 is 0 Å². The molecule has 0 aliphatic heterocycles. The van der Waals surface area contributed by atoms with Crippen LogP contribution in [0.4, 0.5) is 0 Å². The molecule has 1 rings (SSSR count). The van der Waals surface area contributed by atoms with Gasteiger partial charge in [0.25, 0.3) is 0 Å². The minimum Gasteiger partial charge on any atom is -0.404 e. The maximum absolute atomic E-state index is 5.32. The van der Waals surface area contributed by atoms with Gasteiger partial charge in [-0.2, -0.15) is 0 Å². The van der Waals surface area contributed by atoms with Gasteiger partial charge in [0.05, 0.1) is 5.69 Å². The molecule has 0 bridgehead atoms. The summed E-state index contributed by atoms with van der Waals surface area (Å²) in [6, 6.07) is 3.62. The molecule has 2 heteroatoms. The maximum atomic E-state index is 5.32. The number of hydrogen-bond acceptors (Lipinski definition) is 2. The van der Waals surface area contributed by atoms with Crippen molar-refractivity contribution in [3.8, 4) is 24.7 Å². The van der Waals surface area contributed by atoms with Gasteiger partial charge in [0.15, 0.2) is 0 Å². The molecule has 0 atom stereocenters. The molecule has 0 saturated heterocycles. The summed E-state index contributed by atoms with van der Waals surface area (Å²) in [5.41, 5.74) is 8.13. The second-order valence-electron chi connectivity index (χ2n) is 3.20. The molecule has 1 aromatic heterocycles. The summed E-state index contributed by atoms with van der Waals surface area (Å²) < 4.78 is 0. The highest BCUT2D eigenvalue weighted by Gasteiger charge is 1.96. The number of nitrogens with two attached hydrogens (primary N) is 1. The van der Waals surface area contributed by atoms with Crippen LogP contribution in [0.5, 0.6) is 0 Å². The van der Waals surface area contributed by atoms with Crippen molar-refractivity contribution in [1.29, 1.82) is 0 Å². The first-order chi connectivity index (χ1) is 8.21. The number of hydrogen-bond donors (Lipinski definition) is 1. The Hall–Kier alpha value is -2.71. The van der Waals surface area contributed by atoms with E-state index in [2.05, 4.69) is 23.4 Å². The van der Waals surface area contributed by atoms with Crippen molar-refractivity contribution in [2.75, 3.05) is 0 Å². The van der Waals surface area contributed by atoms with Crippen molar-refractivity contribution in [3.63, 3.8) is 0 Å². The molecule has 0 radical (unpaired) electrons. The highest BCUT2D eigenvalue weighted by Crippen LogP contribution is 2.12.